The first-order chi connectivity index (χ1) is 9.42. The van der Waals surface area contributed by atoms with E-state index >= 15 is 0 Å². The normalized spacial score (nSPS) is 11.8. The molecule has 3 heteroatoms. The summed E-state index contributed by atoms with van der Waals surface area (Å²) in [5.41, 5.74) is 0.775. The van der Waals surface area contributed by atoms with E-state index in [1.54, 1.807) is 7.11 Å². The van der Waals surface area contributed by atoms with Gasteiger partial charge in [-0.1, -0.05) is 31.8 Å². The lowest BCUT2D eigenvalue weighted by molar-refractivity contribution is 0.0980. The molecule has 0 saturated carbocycles. The predicted molar refractivity (Wildman–Crippen MR) is 88.5 cm³/mol. The van der Waals surface area contributed by atoms with Gasteiger partial charge in [-0.05, 0) is 43.2 Å². The summed E-state index contributed by atoms with van der Waals surface area (Å²) in [5, 5.41) is 0. The fraction of sp³-hybridized carbons (Fsp3) is 0.471. The lowest BCUT2D eigenvalue weighted by Crippen LogP contribution is -2.17. The van der Waals surface area contributed by atoms with E-state index in [0.29, 0.717) is 6.42 Å². The van der Waals surface area contributed by atoms with E-state index in [4.69, 9.17) is 4.74 Å². The van der Waals surface area contributed by atoms with Crippen LogP contribution >= 0.6 is 0 Å². The second-order valence-corrected chi connectivity index (χ2v) is 11.8. The molecule has 2 nitrogen and oxygen atoms in total. The Morgan fingerprint density at radius 2 is 1.80 bits per heavy atom. The van der Waals surface area contributed by atoms with Crippen LogP contribution in [0.2, 0.25) is 25.7 Å². The summed E-state index contributed by atoms with van der Waals surface area (Å²) in [4.78, 5) is 12.0. The van der Waals surface area contributed by atoms with Gasteiger partial charge in [0.1, 0.15) is 5.75 Å². The number of allylic oxidation sites excluding steroid dienone is 2. The fourth-order valence-electron chi connectivity index (χ4n) is 1.86. The van der Waals surface area contributed by atoms with E-state index in [9.17, 15) is 4.79 Å². The van der Waals surface area contributed by atoms with Crippen molar-refractivity contribution < 1.29 is 9.53 Å². The van der Waals surface area contributed by atoms with Gasteiger partial charge in [-0.2, -0.15) is 0 Å². The van der Waals surface area contributed by atoms with Crippen LogP contribution in [0.3, 0.4) is 0 Å². The molecule has 0 aliphatic rings. The number of Topliss-reactive ketones (excluding diaryl/α,β-unsaturated/α-hetero) is 1. The van der Waals surface area contributed by atoms with Gasteiger partial charge in [0, 0.05) is 20.1 Å². The van der Waals surface area contributed by atoms with Crippen molar-refractivity contribution in [1.29, 1.82) is 0 Å². The highest BCUT2D eigenvalue weighted by Crippen LogP contribution is 2.14. The molecule has 0 N–H and O–H groups in total. The molecule has 1 rings (SSSR count). The Morgan fingerprint density at radius 3 is 2.35 bits per heavy atom. The topological polar surface area (TPSA) is 26.3 Å². The van der Waals surface area contributed by atoms with E-state index < -0.39 is 8.07 Å². The molecule has 0 saturated heterocycles. The summed E-state index contributed by atoms with van der Waals surface area (Å²) in [6.07, 6.45) is 7.03. The molecule has 0 unspecified atom stereocenters. The maximum atomic E-state index is 12.0. The van der Waals surface area contributed by atoms with Crippen molar-refractivity contribution in [1.82, 2.24) is 0 Å². The first-order valence-corrected chi connectivity index (χ1v) is 11.0. The monoisotopic (exact) mass is 290 g/mol. The number of ether oxygens (including phenoxy) is 1. The summed E-state index contributed by atoms with van der Waals surface area (Å²) >= 11 is 0. The SMILES string of the molecule is COc1ccc(C(=O)CCC/C=C/C[Si](C)(C)C)cc1. The van der Waals surface area contributed by atoms with Crippen molar-refractivity contribution in [2.45, 2.75) is 44.9 Å². The number of carbonyl (C=O) groups excluding carboxylic acids is 1. The lowest BCUT2D eigenvalue weighted by atomic mass is 10.1. The van der Waals surface area contributed by atoms with Crippen LogP contribution in [0.15, 0.2) is 36.4 Å². The van der Waals surface area contributed by atoms with Crippen LogP contribution in [-0.2, 0) is 0 Å². The van der Waals surface area contributed by atoms with Gasteiger partial charge in [0.05, 0.1) is 7.11 Å². The third-order valence-electron chi connectivity index (χ3n) is 3.08. The minimum absolute atomic E-state index is 0.214. The number of rotatable bonds is 8. The Morgan fingerprint density at radius 1 is 1.15 bits per heavy atom. The van der Waals surface area contributed by atoms with Crippen LogP contribution in [0.4, 0.5) is 0 Å². The van der Waals surface area contributed by atoms with Crippen molar-refractivity contribution in [3.63, 3.8) is 0 Å². The van der Waals surface area contributed by atoms with E-state index in [1.807, 2.05) is 24.3 Å². The van der Waals surface area contributed by atoms with E-state index in [1.165, 1.54) is 6.04 Å². The van der Waals surface area contributed by atoms with Crippen molar-refractivity contribution in [2.24, 2.45) is 0 Å². The van der Waals surface area contributed by atoms with Gasteiger partial charge >= 0.3 is 0 Å². The molecule has 1 aromatic carbocycles. The molecule has 0 aromatic heterocycles. The van der Waals surface area contributed by atoms with E-state index in [-0.39, 0.29) is 5.78 Å². The molecule has 0 bridgehead atoms. The highest BCUT2D eigenvalue weighted by Gasteiger charge is 2.09. The first-order valence-electron chi connectivity index (χ1n) is 7.24. The molecule has 0 aliphatic carbocycles. The predicted octanol–water partition coefficient (Wildman–Crippen LogP) is 4.94. The second kappa shape index (κ2) is 8.05. The minimum atomic E-state index is -0.967. The Bertz CT molecular complexity index is 441. The quantitative estimate of drug-likeness (QED) is 0.293. The summed E-state index contributed by atoms with van der Waals surface area (Å²) in [6, 6.07) is 8.56. The highest BCUT2D eigenvalue weighted by atomic mass is 28.3. The molecule has 0 aliphatic heterocycles. The van der Waals surface area contributed by atoms with Gasteiger partial charge in [0.2, 0.25) is 0 Å². The largest absolute Gasteiger partial charge is 0.497 e. The molecule has 0 fully saturated rings. The molecule has 0 heterocycles. The number of hydrogen-bond donors (Lipinski definition) is 0. The molecule has 1 aromatic rings. The molecule has 110 valence electrons. The summed E-state index contributed by atoms with van der Waals surface area (Å²) in [7, 11) is 0.662. The van der Waals surface area contributed by atoms with Gasteiger partial charge < -0.3 is 4.74 Å². The summed E-state index contributed by atoms with van der Waals surface area (Å²) in [6.45, 7) is 7.10. The molecular weight excluding hydrogens is 264 g/mol. The van der Waals surface area contributed by atoms with Crippen LogP contribution in [0.5, 0.6) is 5.75 Å². The molecule has 0 amide bonds. The standard InChI is InChI=1S/C17H26O2Si/c1-19-16-12-10-15(11-13-16)17(18)9-7-5-6-8-14-20(2,3)4/h6,8,10-13H,5,7,9,14H2,1-4H3/b8-6+. The number of carbonyl (C=O) groups is 1. The Balaban J connectivity index is 2.29. The number of hydrogen-bond acceptors (Lipinski definition) is 2. The molecule has 0 atom stereocenters. The Labute approximate surface area is 123 Å². The van der Waals surface area contributed by atoms with Crippen molar-refractivity contribution in [3.8, 4) is 5.75 Å². The van der Waals surface area contributed by atoms with Crippen LogP contribution in [0, 0.1) is 0 Å². The van der Waals surface area contributed by atoms with E-state index in [2.05, 4.69) is 31.8 Å². The number of unbranched alkanes of at least 4 members (excludes halogenated alkanes) is 1. The third kappa shape index (κ3) is 6.71. The molecule has 0 radical (unpaired) electrons. The van der Waals surface area contributed by atoms with Crippen molar-refractivity contribution in [3.05, 3.63) is 42.0 Å². The van der Waals surface area contributed by atoms with Gasteiger partial charge in [0.15, 0.2) is 5.78 Å². The zero-order valence-corrected chi connectivity index (χ0v) is 14.1. The number of benzene rings is 1. The lowest BCUT2D eigenvalue weighted by Gasteiger charge is -2.11. The zero-order valence-electron chi connectivity index (χ0n) is 13.1. The summed E-state index contributed by atoms with van der Waals surface area (Å²) < 4.78 is 5.08. The molecule has 20 heavy (non-hydrogen) atoms. The van der Waals surface area contributed by atoms with Crippen molar-refractivity contribution >= 4 is 13.9 Å². The molecular formula is C17H26O2Si. The van der Waals surface area contributed by atoms with Crippen LogP contribution in [-0.4, -0.2) is 21.0 Å². The van der Waals surface area contributed by atoms with Gasteiger partial charge in [-0.25, -0.2) is 0 Å². The van der Waals surface area contributed by atoms with E-state index in [0.717, 1.165) is 24.2 Å². The minimum Gasteiger partial charge on any atom is -0.497 e. The number of methoxy groups -OCH3 is 1. The van der Waals surface area contributed by atoms with Gasteiger partial charge in [-0.3, -0.25) is 4.79 Å². The zero-order chi connectivity index (χ0) is 15.0. The maximum absolute atomic E-state index is 12.0. The maximum Gasteiger partial charge on any atom is 0.162 e. The van der Waals surface area contributed by atoms with Crippen LogP contribution in [0.1, 0.15) is 29.6 Å². The number of ketones is 1. The molecule has 0 spiro atoms. The van der Waals surface area contributed by atoms with Crippen molar-refractivity contribution in [2.75, 3.05) is 7.11 Å². The summed E-state index contributed by atoms with van der Waals surface area (Å²) in [5.74, 6) is 1.00. The smallest absolute Gasteiger partial charge is 0.162 e. The van der Waals surface area contributed by atoms with Gasteiger partial charge in [-0.15, -0.1) is 0 Å². The Kier molecular flexibility index (Phi) is 6.72. The third-order valence-corrected chi connectivity index (χ3v) is 4.54. The second-order valence-electron chi connectivity index (χ2n) is 6.28. The fourth-order valence-corrected chi connectivity index (χ4v) is 2.73. The van der Waals surface area contributed by atoms with Crippen LogP contribution < -0.4 is 4.74 Å². The first kappa shape index (κ1) is 16.7. The van der Waals surface area contributed by atoms with Gasteiger partial charge in [0.25, 0.3) is 0 Å². The van der Waals surface area contributed by atoms with Crippen LogP contribution in [0.25, 0.3) is 0 Å². The average molecular weight is 290 g/mol. The Hall–Kier alpha value is -1.35. The average Bonchev–Trinajstić information content (AvgIpc) is 2.41. The highest BCUT2D eigenvalue weighted by molar-refractivity contribution is 6.76.